The maximum Gasteiger partial charge on any atom is 0.200 e. The molecule has 5 N–H and O–H groups in total. The van der Waals surface area contributed by atoms with Crippen LogP contribution in [0.15, 0.2) is 18.2 Å². The molecule has 0 fully saturated rings. The Balaban J connectivity index is 0.000000271. The fourth-order valence-electron chi connectivity index (χ4n) is 1.85. The van der Waals surface area contributed by atoms with Crippen LogP contribution >= 0.6 is 0 Å². The summed E-state index contributed by atoms with van der Waals surface area (Å²) < 4.78 is 67.4. The molecule has 27 heavy (non-hydrogen) atoms. The van der Waals surface area contributed by atoms with E-state index in [0.29, 0.717) is 17.9 Å². The molecule has 0 aliphatic heterocycles. The maximum absolute atomic E-state index is 12.5. The van der Waals surface area contributed by atoms with Gasteiger partial charge in [0, 0.05) is 5.56 Å². The Kier molecular flexibility index (Phi) is 8.40. The van der Waals surface area contributed by atoms with E-state index < -0.39 is 34.8 Å². The van der Waals surface area contributed by atoms with Gasteiger partial charge in [-0.1, -0.05) is 6.07 Å². The molecule has 11 heteroatoms. The van der Waals surface area contributed by atoms with Crippen molar-refractivity contribution in [1.29, 1.82) is 5.26 Å². The van der Waals surface area contributed by atoms with Crippen molar-refractivity contribution >= 4 is 5.69 Å². The second kappa shape index (κ2) is 10.3. The monoisotopic (exact) mass is 390 g/mol. The van der Waals surface area contributed by atoms with Gasteiger partial charge in [-0.3, -0.25) is 10.7 Å². The van der Waals surface area contributed by atoms with Gasteiger partial charge in [-0.15, -0.1) is 0 Å². The molecule has 0 amide bonds. The number of anilines is 1. The number of hydrogen-bond acceptors (Lipinski definition) is 6. The van der Waals surface area contributed by atoms with Gasteiger partial charge in [-0.25, -0.2) is 27.8 Å². The smallest absolute Gasteiger partial charge is 0.200 e. The summed E-state index contributed by atoms with van der Waals surface area (Å²) in [5, 5.41) is 8.69. The summed E-state index contributed by atoms with van der Waals surface area (Å²) in [5.74, 6) is -0.0797. The standard InChI is InChI=1S/C10H12N2O2.C6H3F5N2/c1-2-13-10-5-8(6-11)3-4-9(10)7-14-12;7-1-2(8)4(10)6(13-12)5(11)3(1)9/h3-5H,2,7,12H2,1H3;13H,12H2. The minimum Gasteiger partial charge on any atom is -0.493 e. The number of nitrogens with one attached hydrogen (secondary N) is 1. The maximum atomic E-state index is 12.5. The zero-order valence-corrected chi connectivity index (χ0v) is 14.0. The molecular formula is C16H15F5N4O2. The first-order chi connectivity index (χ1) is 12.8. The van der Waals surface area contributed by atoms with Crippen molar-refractivity contribution in [2.45, 2.75) is 13.5 Å². The summed E-state index contributed by atoms with van der Waals surface area (Å²) in [6.07, 6.45) is 0. The molecular weight excluding hydrogens is 375 g/mol. The van der Waals surface area contributed by atoms with Crippen molar-refractivity contribution in [1.82, 2.24) is 0 Å². The zero-order valence-electron chi connectivity index (χ0n) is 14.0. The van der Waals surface area contributed by atoms with E-state index in [-0.39, 0.29) is 6.61 Å². The highest BCUT2D eigenvalue weighted by Crippen LogP contribution is 2.26. The lowest BCUT2D eigenvalue weighted by atomic mass is 10.1. The minimum atomic E-state index is -2.21. The molecule has 0 radical (unpaired) electrons. The summed E-state index contributed by atoms with van der Waals surface area (Å²) in [6.45, 7) is 2.71. The van der Waals surface area contributed by atoms with Gasteiger partial charge in [-0.05, 0) is 19.1 Å². The molecule has 0 atom stereocenters. The molecule has 0 heterocycles. The molecule has 0 aliphatic carbocycles. The average Bonchev–Trinajstić information content (AvgIpc) is 2.67. The molecule has 0 spiro atoms. The molecule has 0 aromatic heterocycles. The van der Waals surface area contributed by atoms with Crippen LogP contribution in [0, 0.1) is 40.4 Å². The summed E-state index contributed by atoms with van der Waals surface area (Å²) in [6, 6.07) is 7.20. The van der Waals surface area contributed by atoms with Crippen molar-refractivity contribution < 1.29 is 31.5 Å². The Morgan fingerprint density at radius 1 is 1.04 bits per heavy atom. The normalized spacial score (nSPS) is 9.89. The quantitative estimate of drug-likeness (QED) is 0.238. The van der Waals surface area contributed by atoms with E-state index in [1.54, 1.807) is 18.2 Å². The first-order valence-electron chi connectivity index (χ1n) is 7.27. The van der Waals surface area contributed by atoms with Crippen molar-refractivity contribution in [2.75, 3.05) is 12.0 Å². The van der Waals surface area contributed by atoms with Gasteiger partial charge >= 0.3 is 0 Å². The third-order valence-electron chi connectivity index (χ3n) is 3.09. The van der Waals surface area contributed by atoms with E-state index in [2.05, 4.69) is 10.7 Å². The van der Waals surface area contributed by atoms with Gasteiger partial charge in [0.25, 0.3) is 0 Å². The molecule has 2 rings (SSSR count). The number of nitrogens with two attached hydrogens (primary N) is 2. The predicted octanol–water partition coefficient (Wildman–Crippen LogP) is 3.01. The van der Waals surface area contributed by atoms with Crippen LogP contribution in [-0.4, -0.2) is 6.61 Å². The van der Waals surface area contributed by atoms with Crippen molar-refractivity contribution in [3.8, 4) is 11.8 Å². The Morgan fingerprint density at radius 2 is 1.59 bits per heavy atom. The van der Waals surface area contributed by atoms with E-state index in [0.717, 1.165) is 5.56 Å². The number of hydrogen-bond donors (Lipinski definition) is 3. The van der Waals surface area contributed by atoms with E-state index in [1.165, 1.54) is 5.43 Å². The molecule has 0 saturated heterocycles. The number of nitrogen functional groups attached to an aromatic ring is 1. The first kappa shape index (κ1) is 22.1. The Labute approximate surface area is 151 Å². The summed E-state index contributed by atoms with van der Waals surface area (Å²) in [4.78, 5) is 4.53. The number of benzene rings is 2. The van der Waals surface area contributed by atoms with Gasteiger partial charge in [0.1, 0.15) is 11.4 Å². The fraction of sp³-hybridized carbons (Fsp3) is 0.188. The molecule has 0 bridgehead atoms. The first-order valence-corrected chi connectivity index (χ1v) is 7.27. The van der Waals surface area contributed by atoms with Crippen LogP contribution in [0.5, 0.6) is 5.75 Å². The average molecular weight is 390 g/mol. The van der Waals surface area contributed by atoms with E-state index in [1.807, 2.05) is 13.0 Å². The lowest BCUT2D eigenvalue weighted by Gasteiger charge is -2.08. The number of halogens is 5. The second-order valence-corrected chi connectivity index (χ2v) is 4.77. The molecule has 0 saturated carbocycles. The van der Waals surface area contributed by atoms with Gasteiger partial charge in [0.15, 0.2) is 23.3 Å². The molecule has 0 aliphatic rings. The van der Waals surface area contributed by atoms with Crippen LogP contribution in [-0.2, 0) is 11.4 Å². The van der Waals surface area contributed by atoms with Gasteiger partial charge in [0.05, 0.1) is 24.8 Å². The van der Waals surface area contributed by atoms with Crippen molar-refractivity contribution in [3.05, 3.63) is 58.4 Å². The Hall–Kier alpha value is -2.94. The van der Waals surface area contributed by atoms with Crippen LogP contribution in [0.1, 0.15) is 18.1 Å². The van der Waals surface area contributed by atoms with Gasteiger partial charge in [-0.2, -0.15) is 5.26 Å². The van der Waals surface area contributed by atoms with Crippen LogP contribution in [0.25, 0.3) is 0 Å². The summed E-state index contributed by atoms with van der Waals surface area (Å²) in [5.41, 5.74) is 1.53. The third-order valence-corrected chi connectivity index (χ3v) is 3.09. The van der Waals surface area contributed by atoms with E-state index in [9.17, 15) is 22.0 Å². The van der Waals surface area contributed by atoms with Crippen molar-refractivity contribution in [2.24, 2.45) is 11.7 Å². The highest BCUT2D eigenvalue weighted by molar-refractivity contribution is 5.46. The van der Waals surface area contributed by atoms with Crippen LogP contribution in [0.2, 0.25) is 0 Å². The van der Waals surface area contributed by atoms with Gasteiger partial charge < -0.3 is 10.2 Å². The van der Waals surface area contributed by atoms with Crippen LogP contribution in [0.3, 0.4) is 0 Å². The molecule has 2 aromatic rings. The highest BCUT2D eigenvalue weighted by atomic mass is 19.2. The molecule has 0 unspecified atom stereocenters. The summed E-state index contributed by atoms with van der Waals surface area (Å²) >= 11 is 0. The Bertz CT molecular complexity index is 814. The largest absolute Gasteiger partial charge is 0.493 e. The zero-order chi connectivity index (χ0) is 20.6. The van der Waals surface area contributed by atoms with E-state index >= 15 is 0 Å². The van der Waals surface area contributed by atoms with Crippen molar-refractivity contribution in [3.63, 3.8) is 0 Å². The number of nitrogens with zero attached hydrogens (tertiary/aromatic N) is 1. The lowest BCUT2D eigenvalue weighted by Crippen LogP contribution is -2.14. The SMILES string of the molecule is CCOc1cc(C#N)ccc1CON.NNc1c(F)c(F)c(F)c(F)c1F. The fourth-order valence-corrected chi connectivity index (χ4v) is 1.85. The third kappa shape index (κ3) is 5.27. The van der Waals surface area contributed by atoms with Crippen LogP contribution < -0.4 is 21.9 Å². The van der Waals surface area contributed by atoms with Crippen LogP contribution in [0.4, 0.5) is 27.6 Å². The highest BCUT2D eigenvalue weighted by Gasteiger charge is 2.24. The minimum absolute atomic E-state index is 0.279. The molecule has 146 valence electrons. The Morgan fingerprint density at radius 3 is 2.04 bits per heavy atom. The van der Waals surface area contributed by atoms with Gasteiger partial charge in [0.2, 0.25) is 5.82 Å². The number of nitriles is 1. The second-order valence-electron chi connectivity index (χ2n) is 4.77. The molecule has 2 aromatic carbocycles. The number of ether oxygens (including phenoxy) is 1. The topological polar surface area (TPSA) is 106 Å². The number of rotatable bonds is 5. The van der Waals surface area contributed by atoms with E-state index in [4.69, 9.17) is 15.9 Å². The summed E-state index contributed by atoms with van der Waals surface area (Å²) in [7, 11) is 0. The number of hydrazine groups is 1. The molecule has 6 nitrogen and oxygen atoms in total. The lowest BCUT2D eigenvalue weighted by molar-refractivity contribution is 0.121. The predicted molar refractivity (Wildman–Crippen MR) is 85.3 cm³/mol.